The van der Waals surface area contributed by atoms with E-state index in [1.165, 1.54) is 5.56 Å². The van der Waals surface area contributed by atoms with Gasteiger partial charge in [0, 0.05) is 0 Å². The van der Waals surface area contributed by atoms with Crippen LogP contribution in [0.4, 0.5) is 0 Å². The average molecular weight is 322 g/mol. The van der Waals surface area contributed by atoms with Crippen LogP contribution in [0.15, 0.2) is 18.2 Å². The first kappa shape index (κ1) is 19.8. The van der Waals surface area contributed by atoms with Crippen molar-refractivity contribution in [2.45, 2.75) is 46.5 Å². The Morgan fingerprint density at radius 3 is 2.00 bits per heavy atom. The van der Waals surface area contributed by atoms with Crippen LogP contribution >= 0.6 is 0 Å². The SMILES string of the molecule is CCCOc1ccc(C(C)C(C)C(CN)CN)cc1OCCC. The van der Waals surface area contributed by atoms with Gasteiger partial charge in [-0.2, -0.15) is 0 Å². The van der Waals surface area contributed by atoms with E-state index < -0.39 is 0 Å². The van der Waals surface area contributed by atoms with Crippen molar-refractivity contribution in [1.82, 2.24) is 0 Å². The number of rotatable bonds is 11. The molecule has 2 atom stereocenters. The molecular weight excluding hydrogens is 288 g/mol. The van der Waals surface area contributed by atoms with Gasteiger partial charge in [-0.05, 0) is 61.4 Å². The summed E-state index contributed by atoms with van der Waals surface area (Å²) < 4.78 is 11.7. The molecule has 4 nitrogen and oxygen atoms in total. The van der Waals surface area contributed by atoms with Crippen LogP contribution < -0.4 is 20.9 Å². The third kappa shape index (κ3) is 5.70. The first-order valence-electron chi connectivity index (χ1n) is 8.88. The Hall–Kier alpha value is -1.26. The molecule has 0 heterocycles. The summed E-state index contributed by atoms with van der Waals surface area (Å²) in [6, 6.07) is 6.28. The summed E-state index contributed by atoms with van der Waals surface area (Å²) in [5, 5.41) is 0. The van der Waals surface area contributed by atoms with E-state index in [1.54, 1.807) is 0 Å². The van der Waals surface area contributed by atoms with Crippen LogP contribution in [0.3, 0.4) is 0 Å². The molecule has 4 heteroatoms. The lowest BCUT2D eigenvalue weighted by Gasteiger charge is -2.28. The zero-order chi connectivity index (χ0) is 17.2. The molecule has 0 saturated heterocycles. The number of hydrogen-bond acceptors (Lipinski definition) is 4. The van der Waals surface area contributed by atoms with Gasteiger partial charge in [0.15, 0.2) is 11.5 Å². The minimum absolute atomic E-state index is 0.334. The van der Waals surface area contributed by atoms with E-state index in [0.29, 0.717) is 44.1 Å². The Labute approximate surface area is 141 Å². The smallest absolute Gasteiger partial charge is 0.161 e. The maximum Gasteiger partial charge on any atom is 0.161 e. The fourth-order valence-corrected chi connectivity index (χ4v) is 2.70. The van der Waals surface area contributed by atoms with E-state index in [9.17, 15) is 0 Å². The van der Waals surface area contributed by atoms with Gasteiger partial charge in [0.1, 0.15) is 0 Å². The third-order valence-corrected chi connectivity index (χ3v) is 4.55. The zero-order valence-electron chi connectivity index (χ0n) is 15.2. The number of nitrogens with two attached hydrogens (primary N) is 2. The molecule has 0 aliphatic rings. The van der Waals surface area contributed by atoms with Gasteiger partial charge in [0.25, 0.3) is 0 Å². The minimum atomic E-state index is 0.334. The molecule has 4 N–H and O–H groups in total. The molecular formula is C19H34N2O2. The average Bonchev–Trinajstić information content (AvgIpc) is 2.58. The second-order valence-electron chi connectivity index (χ2n) is 6.28. The number of benzene rings is 1. The second kappa shape index (κ2) is 10.5. The van der Waals surface area contributed by atoms with Crippen molar-refractivity contribution in [2.24, 2.45) is 23.3 Å². The Morgan fingerprint density at radius 2 is 1.48 bits per heavy atom. The van der Waals surface area contributed by atoms with Crippen LogP contribution in [0, 0.1) is 11.8 Å². The fourth-order valence-electron chi connectivity index (χ4n) is 2.70. The van der Waals surface area contributed by atoms with Crippen LogP contribution in [-0.2, 0) is 0 Å². The monoisotopic (exact) mass is 322 g/mol. The Kier molecular flexibility index (Phi) is 9.03. The van der Waals surface area contributed by atoms with Crippen molar-refractivity contribution in [3.8, 4) is 11.5 Å². The summed E-state index contributed by atoms with van der Waals surface area (Å²) in [5.74, 6) is 2.80. The summed E-state index contributed by atoms with van der Waals surface area (Å²) in [6.45, 7) is 11.3. The molecule has 1 aromatic rings. The summed E-state index contributed by atoms with van der Waals surface area (Å²) in [7, 11) is 0. The van der Waals surface area contributed by atoms with E-state index in [4.69, 9.17) is 20.9 Å². The highest BCUT2D eigenvalue weighted by Gasteiger charge is 2.23. The standard InChI is InChI=1S/C19H34N2O2/c1-5-9-22-18-8-7-16(11-19(18)23-10-6-2)14(3)15(4)17(12-20)13-21/h7-8,11,14-15,17H,5-6,9-10,12-13,20-21H2,1-4H3. The summed E-state index contributed by atoms with van der Waals surface area (Å²) >= 11 is 0. The molecule has 0 bridgehead atoms. The molecule has 0 aromatic heterocycles. The van der Waals surface area contributed by atoms with Gasteiger partial charge < -0.3 is 20.9 Å². The predicted octanol–water partition coefficient (Wildman–Crippen LogP) is 3.54. The number of hydrogen-bond donors (Lipinski definition) is 2. The quantitative estimate of drug-likeness (QED) is 0.654. The van der Waals surface area contributed by atoms with E-state index >= 15 is 0 Å². The van der Waals surface area contributed by atoms with Crippen LogP contribution in [0.2, 0.25) is 0 Å². The van der Waals surface area contributed by atoms with Crippen LogP contribution in [-0.4, -0.2) is 26.3 Å². The lowest BCUT2D eigenvalue weighted by atomic mass is 9.80. The molecule has 132 valence electrons. The molecule has 1 rings (SSSR count). The summed E-state index contributed by atoms with van der Waals surface area (Å²) in [6.07, 6.45) is 1.96. The molecule has 2 unspecified atom stereocenters. The molecule has 0 fully saturated rings. The molecule has 0 saturated carbocycles. The highest BCUT2D eigenvalue weighted by Crippen LogP contribution is 2.35. The molecule has 0 radical (unpaired) electrons. The molecule has 1 aromatic carbocycles. The molecule has 0 spiro atoms. The van der Waals surface area contributed by atoms with E-state index in [0.717, 1.165) is 24.3 Å². The first-order valence-corrected chi connectivity index (χ1v) is 8.88. The highest BCUT2D eigenvalue weighted by molar-refractivity contribution is 5.44. The Bertz CT molecular complexity index is 447. The minimum Gasteiger partial charge on any atom is -0.490 e. The van der Waals surface area contributed by atoms with Crippen molar-refractivity contribution < 1.29 is 9.47 Å². The second-order valence-corrected chi connectivity index (χ2v) is 6.28. The van der Waals surface area contributed by atoms with E-state index in [1.807, 2.05) is 6.07 Å². The van der Waals surface area contributed by atoms with Crippen molar-refractivity contribution in [3.63, 3.8) is 0 Å². The van der Waals surface area contributed by atoms with Gasteiger partial charge >= 0.3 is 0 Å². The van der Waals surface area contributed by atoms with Gasteiger partial charge in [-0.25, -0.2) is 0 Å². The fraction of sp³-hybridized carbons (Fsp3) is 0.684. The zero-order valence-corrected chi connectivity index (χ0v) is 15.2. The van der Waals surface area contributed by atoms with Crippen LogP contribution in [0.25, 0.3) is 0 Å². The summed E-state index contributed by atoms with van der Waals surface area (Å²) in [5.41, 5.74) is 12.9. The van der Waals surface area contributed by atoms with Crippen LogP contribution in [0.5, 0.6) is 11.5 Å². The Balaban J connectivity index is 2.97. The highest BCUT2D eigenvalue weighted by atomic mass is 16.5. The van der Waals surface area contributed by atoms with Gasteiger partial charge in [-0.1, -0.05) is 33.8 Å². The van der Waals surface area contributed by atoms with Crippen molar-refractivity contribution in [3.05, 3.63) is 23.8 Å². The van der Waals surface area contributed by atoms with Gasteiger partial charge in [0.2, 0.25) is 0 Å². The number of ether oxygens (including phenoxy) is 2. The molecule has 0 aliphatic heterocycles. The summed E-state index contributed by atoms with van der Waals surface area (Å²) in [4.78, 5) is 0. The van der Waals surface area contributed by atoms with Gasteiger partial charge in [-0.3, -0.25) is 0 Å². The van der Waals surface area contributed by atoms with Crippen molar-refractivity contribution in [1.29, 1.82) is 0 Å². The first-order chi connectivity index (χ1) is 11.1. The van der Waals surface area contributed by atoms with Crippen LogP contribution in [0.1, 0.15) is 52.0 Å². The van der Waals surface area contributed by atoms with Crippen molar-refractivity contribution >= 4 is 0 Å². The van der Waals surface area contributed by atoms with E-state index in [-0.39, 0.29) is 0 Å². The van der Waals surface area contributed by atoms with Gasteiger partial charge in [0.05, 0.1) is 13.2 Å². The largest absolute Gasteiger partial charge is 0.490 e. The van der Waals surface area contributed by atoms with Crippen molar-refractivity contribution in [2.75, 3.05) is 26.3 Å². The third-order valence-electron chi connectivity index (χ3n) is 4.55. The molecule has 0 amide bonds. The molecule has 0 aliphatic carbocycles. The lowest BCUT2D eigenvalue weighted by Crippen LogP contribution is -2.31. The lowest BCUT2D eigenvalue weighted by molar-refractivity contribution is 0.267. The topological polar surface area (TPSA) is 70.5 Å². The predicted molar refractivity (Wildman–Crippen MR) is 97.2 cm³/mol. The maximum absolute atomic E-state index is 5.89. The maximum atomic E-state index is 5.89. The Morgan fingerprint density at radius 1 is 0.913 bits per heavy atom. The van der Waals surface area contributed by atoms with Gasteiger partial charge in [-0.15, -0.1) is 0 Å². The molecule has 23 heavy (non-hydrogen) atoms. The van der Waals surface area contributed by atoms with E-state index in [2.05, 4.69) is 39.8 Å². The normalized spacial score (nSPS) is 13.9.